The first-order chi connectivity index (χ1) is 13.5. The molecule has 0 saturated carbocycles. The maximum atomic E-state index is 11.3. The van der Waals surface area contributed by atoms with Gasteiger partial charge in [0.15, 0.2) is 0 Å². The SMILES string of the molecule is N=C(N)c1ccc(Nc2ccc([N+](=O)[O-])c(NCCc3ccccc3)n2)cc1. The predicted molar refractivity (Wildman–Crippen MR) is 110 cm³/mol. The van der Waals surface area contributed by atoms with Crippen LogP contribution in [0.4, 0.5) is 23.0 Å². The lowest BCUT2D eigenvalue weighted by Gasteiger charge is -2.10. The van der Waals surface area contributed by atoms with Crippen LogP contribution in [0.3, 0.4) is 0 Å². The third-order valence-corrected chi connectivity index (χ3v) is 4.09. The summed E-state index contributed by atoms with van der Waals surface area (Å²) in [5, 5.41) is 24.9. The summed E-state index contributed by atoms with van der Waals surface area (Å²) in [6.07, 6.45) is 0.726. The zero-order valence-electron chi connectivity index (χ0n) is 15.1. The van der Waals surface area contributed by atoms with E-state index in [2.05, 4.69) is 15.6 Å². The molecular formula is C20H20N6O2. The van der Waals surface area contributed by atoms with Crippen molar-refractivity contribution in [2.45, 2.75) is 6.42 Å². The second kappa shape index (κ2) is 8.63. The van der Waals surface area contributed by atoms with Gasteiger partial charge in [0.2, 0.25) is 5.82 Å². The van der Waals surface area contributed by atoms with Gasteiger partial charge in [0, 0.05) is 23.9 Å². The number of nitrogens with zero attached hydrogens (tertiary/aromatic N) is 2. The van der Waals surface area contributed by atoms with Gasteiger partial charge in [-0.15, -0.1) is 0 Å². The van der Waals surface area contributed by atoms with Crippen LogP contribution in [0, 0.1) is 15.5 Å². The number of hydrogen-bond donors (Lipinski definition) is 4. The number of nitrogen functional groups attached to an aromatic ring is 1. The van der Waals surface area contributed by atoms with E-state index in [1.807, 2.05) is 30.3 Å². The van der Waals surface area contributed by atoms with Crippen molar-refractivity contribution < 1.29 is 4.92 Å². The van der Waals surface area contributed by atoms with E-state index in [1.54, 1.807) is 30.3 Å². The Balaban J connectivity index is 1.73. The zero-order chi connectivity index (χ0) is 19.9. The molecule has 142 valence electrons. The first-order valence-electron chi connectivity index (χ1n) is 8.67. The van der Waals surface area contributed by atoms with Crippen LogP contribution in [0.15, 0.2) is 66.7 Å². The van der Waals surface area contributed by atoms with Crippen molar-refractivity contribution in [2.24, 2.45) is 5.73 Å². The molecule has 0 bridgehead atoms. The molecule has 0 spiro atoms. The Bertz CT molecular complexity index is 974. The quantitative estimate of drug-likeness (QED) is 0.205. The van der Waals surface area contributed by atoms with Gasteiger partial charge in [-0.3, -0.25) is 15.5 Å². The van der Waals surface area contributed by atoms with E-state index in [1.165, 1.54) is 6.07 Å². The summed E-state index contributed by atoms with van der Waals surface area (Å²) in [6.45, 7) is 0.522. The summed E-state index contributed by atoms with van der Waals surface area (Å²) in [7, 11) is 0. The number of pyridine rings is 1. The van der Waals surface area contributed by atoms with E-state index in [4.69, 9.17) is 11.1 Å². The molecule has 0 radical (unpaired) electrons. The predicted octanol–water partition coefficient (Wildman–Crippen LogP) is 3.67. The maximum absolute atomic E-state index is 11.3. The van der Waals surface area contributed by atoms with Crippen LogP contribution in [0.2, 0.25) is 0 Å². The minimum Gasteiger partial charge on any atom is -0.384 e. The second-order valence-electron chi connectivity index (χ2n) is 6.10. The second-order valence-corrected chi connectivity index (χ2v) is 6.10. The molecule has 2 aromatic carbocycles. The number of nitrogens with one attached hydrogen (secondary N) is 3. The number of amidine groups is 1. The Morgan fingerprint density at radius 2 is 1.79 bits per heavy atom. The number of nitro groups is 1. The fourth-order valence-electron chi connectivity index (χ4n) is 2.65. The van der Waals surface area contributed by atoms with Crippen LogP contribution >= 0.6 is 0 Å². The largest absolute Gasteiger partial charge is 0.384 e. The van der Waals surface area contributed by atoms with Gasteiger partial charge in [0.05, 0.1) is 4.92 Å². The van der Waals surface area contributed by atoms with Crippen LogP contribution in [0.1, 0.15) is 11.1 Å². The van der Waals surface area contributed by atoms with Crippen molar-refractivity contribution in [1.82, 2.24) is 4.98 Å². The molecule has 5 N–H and O–H groups in total. The van der Waals surface area contributed by atoms with Gasteiger partial charge in [-0.2, -0.15) is 0 Å². The van der Waals surface area contributed by atoms with E-state index < -0.39 is 4.92 Å². The van der Waals surface area contributed by atoms with Crippen molar-refractivity contribution in [1.29, 1.82) is 5.41 Å². The highest BCUT2D eigenvalue weighted by Gasteiger charge is 2.16. The standard InChI is InChI=1S/C20H20N6O2/c21-19(22)15-6-8-16(9-7-15)24-18-11-10-17(26(27)28)20(25-18)23-13-12-14-4-2-1-3-5-14/h1-11H,12-13H2,(H3,21,22)(H2,23,24,25). The molecule has 0 aliphatic rings. The topological polar surface area (TPSA) is 130 Å². The fourth-order valence-corrected chi connectivity index (χ4v) is 2.65. The summed E-state index contributed by atoms with van der Waals surface area (Å²) >= 11 is 0. The molecular weight excluding hydrogens is 356 g/mol. The van der Waals surface area contributed by atoms with Crippen molar-refractivity contribution in [3.05, 3.63) is 88.0 Å². The third kappa shape index (κ3) is 4.82. The van der Waals surface area contributed by atoms with Gasteiger partial charge in [0.25, 0.3) is 0 Å². The first-order valence-corrected chi connectivity index (χ1v) is 8.67. The van der Waals surface area contributed by atoms with Crippen LogP contribution in [-0.4, -0.2) is 22.3 Å². The van der Waals surface area contributed by atoms with Crippen molar-refractivity contribution in [2.75, 3.05) is 17.2 Å². The van der Waals surface area contributed by atoms with E-state index in [-0.39, 0.29) is 17.3 Å². The van der Waals surface area contributed by atoms with E-state index in [9.17, 15) is 10.1 Å². The van der Waals surface area contributed by atoms with Crippen molar-refractivity contribution in [3.8, 4) is 0 Å². The number of nitrogens with two attached hydrogens (primary N) is 1. The molecule has 8 heteroatoms. The molecule has 3 aromatic rings. The minimum absolute atomic E-state index is 0.00934. The summed E-state index contributed by atoms with van der Waals surface area (Å²) in [4.78, 5) is 15.2. The van der Waals surface area contributed by atoms with E-state index >= 15 is 0 Å². The molecule has 28 heavy (non-hydrogen) atoms. The highest BCUT2D eigenvalue weighted by atomic mass is 16.6. The molecule has 0 saturated heterocycles. The number of aromatic nitrogens is 1. The monoisotopic (exact) mass is 376 g/mol. The minimum atomic E-state index is -0.455. The summed E-state index contributed by atoms with van der Waals surface area (Å²) in [6, 6.07) is 19.8. The average Bonchev–Trinajstić information content (AvgIpc) is 2.69. The Morgan fingerprint density at radius 3 is 2.43 bits per heavy atom. The fraction of sp³-hybridized carbons (Fsp3) is 0.100. The number of anilines is 3. The molecule has 1 heterocycles. The number of hydrogen-bond acceptors (Lipinski definition) is 6. The van der Waals surface area contributed by atoms with Crippen LogP contribution in [-0.2, 0) is 6.42 Å². The first kappa shape index (κ1) is 18.8. The van der Waals surface area contributed by atoms with Crippen molar-refractivity contribution >= 4 is 28.8 Å². The van der Waals surface area contributed by atoms with Crippen LogP contribution in [0.25, 0.3) is 0 Å². The van der Waals surface area contributed by atoms with Crippen LogP contribution < -0.4 is 16.4 Å². The number of benzene rings is 2. The molecule has 0 aliphatic heterocycles. The van der Waals surface area contributed by atoms with Gasteiger partial charge in [-0.25, -0.2) is 4.98 Å². The van der Waals surface area contributed by atoms with Gasteiger partial charge in [-0.1, -0.05) is 30.3 Å². The zero-order valence-corrected chi connectivity index (χ0v) is 15.1. The molecule has 8 nitrogen and oxygen atoms in total. The molecule has 3 rings (SSSR count). The third-order valence-electron chi connectivity index (χ3n) is 4.09. The average molecular weight is 376 g/mol. The summed E-state index contributed by atoms with van der Waals surface area (Å²) < 4.78 is 0. The normalized spacial score (nSPS) is 10.3. The van der Waals surface area contributed by atoms with Gasteiger partial charge in [-0.05, 0) is 42.3 Å². The lowest BCUT2D eigenvalue weighted by atomic mass is 10.1. The van der Waals surface area contributed by atoms with Gasteiger partial charge in [0.1, 0.15) is 11.7 Å². The van der Waals surface area contributed by atoms with Crippen LogP contribution in [0.5, 0.6) is 0 Å². The lowest BCUT2D eigenvalue weighted by Crippen LogP contribution is -2.11. The molecule has 0 aliphatic carbocycles. The highest BCUT2D eigenvalue weighted by Crippen LogP contribution is 2.25. The summed E-state index contributed by atoms with van der Waals surface area (Å²) in [5.41, 5.74) is 7.86. The Labute approximate surface area is 162 Å². The molecule has 0 amide bonds. The van der Waals surface area contributed by atoms with Crippen molar-refractivity contribution in [3.63, 3.8) is 0 Å². The van der Waals surface area contributed by atoms with Gasteiger partial charge >= 0.3 is 5.69 Å². The summed E-state index contributed by atoms with van der Waals surface area (Å²) in [5.74, 6) is 0.680. The highest BCUT2D eigenvalue weighted by molar-refractivity contribution is 5.95. The smallest absolute Gasteiger partial charge is 0.311 e. The van der Waals surface area contributed by atoms with E-state index in [0.717, 1.165) is 17.7 Å². The molecule has 0 unspecified atom stereocenters. The lowest BCUT2D eigenvalue weighted by molar-refractivity contribution is -0.384. The Hall–Kier alpha value is -3.94. The molecule has 1 aromatic heterocycles. The number of rotatable bonds is 8. The maximum Gasteiger partial charge on any atom is 0.311 e. The Morgan fingerprint density at radius 1 is 1.07 bits per heavy atom. The van der Waals surface area contributed by atoms with Gasteiger partial charge < -0.3 is 16.4 Å². The molecule has 0 fully saturated rings. The van der Waals surface area contributed by atoms with E-state index in [0.29, 0.717) is 17.9 Å². The Kier molecular flexibility index (Phi) is 5.81. The molecule has 0 atom stereocenters.